The fraction of sp³-hybridized carbons (Fsp3) is 0. The van der Waals surface area contributed by atoms with E-state index < -0.39 is 0 Å². The molecule has 0 fully saturated rings. The largest absolute Gasteiger partial charge is 0.0630 e. The van der Waals surface area contributed by atoms with Gasteiger partial charge in [-0.05, 0) is 121 Å². The molecule has 0 heterocycles. The van der Waals surface area contributed by atoms with Gasteiger partial charge >= 0.3 is 0 Å². The Morgan fingerprint density at radius 1 is 0.500 bits per heavy atom. The Morgan fingerprint density at radius 2 is 0.818 bits per heavy atom. The molecule has 0 saturated heterocycles. The van der Waals surface area contributed by atoms with E-state index >= 15 is 0 Å². The number of rotatable bonds is 3. The summed E-state index contributed by atoms with van der Waals surface area (Å²) < 4.78 is 3.76. The standard InChI is InChI=1S/C19H12I3/c20-16-7-1-4-13(10-16)19(14-5-2-8-17(21)11-14)15-6-3-9-18(22)12-15/h1-12H. The predicted octanol–water partition coefficient (Wildman–Crippen LogP) is 6.52. The van der Waals surface area contributed by atoms with Gasteiger partial charge in [0, 0.05) is 10.7 Å². The monoisotopic (exact) mass is 621 g/mol. The van der Waals surface area contributed by atoms with Crippen molar-refractivity contribution in [3.8, 4) is 0 Å². The van der Waals surface area contributed by atoms with E-state index in [2.05, 4.69) is 141 Å². The summed E-state index contributed by atoms with van der Waals surface area (Å²) in [6.07, 6.45) is 0. The second-order valence-electron chi connectivity index (χ2n) is 4.91. The maximum absolute atomic E-state index is 2.37. The molecular formula is C19H12I3. The average Bonchev–Trinajstić information content (AvgIpc) is 2.48. The molecule has 0 amide bonds. The van der Waals surface area contributed by atoms with E-state index in [1.165, 1.54) is 33.3 Å². The van der Waals surface area contributed by atoms with Gasteiger partial charge in [0.25, 0.3) is 0 Å². The van der Waals surface area contributed by atoms with E-state index in [4.69, 9.17) is 0 Å². The molecule has 0 aliphatic heterocycles. The first kappa shape index (κ1) is 16.7. The Morgan fingerprint density at radius 3 is 1.09 bits per heavy atom. The zero-order valence-corrected chi connectivity index (χ0v) is 18.0. The molecule has 3 heteroatoms. The van der Waals surface area contributed by atoms with Gasteiger partial charge in [0.15, 0.2) is 0 Å². The van der Waals surface area contributed by atoms with Crippen molar-refractivity contribution in [1.82, 2.24) is 0 Å². The molecule has 0 saturated carbocycles. The SMILES string of the molecule is Ic1cccc([C](c2cccc(I)c2)c2cccc(I)c2)c1. The Kier molecular flexibility index (Phi) is 5.78. The van der Waals surface area contributed by atoms with Crippen molar-refractivity contribution in [2.75, 3.05) is 0 Å². The molecule has 0 nitrogen and oxygen atoms in total. The van der Waals surface area contributed by atoms with E-state index in [-0.39, 0.29) is 0 Å². The van der Waals surface area contributed by atoms with Crippen molar-refractivity contribution in [3.05, 3.63) is 106 Å². The highest BCUT2D eigenvalue weighted by Crippen LogP contribution is 2.32. The van der Waals surface area contributed by atoms with E-state index in [0.717, 1.165) is 0 Å². The van der Waals surface area contributed by atoms with Crippen molar-refractivity contribution >= 4 is 67.8 Å². The Balaban J connectivity index is 2.18. The predicted molar refractivity (Wildman–Crippen MR) is 118 cm³/mol. The van der Waals surface area contributed by atoms with Crippen molar-refractivity contribution < 1.29 is 0 Å². The van der Waals surface area contributed by atoms with Gasteiger partial charge in [0.1, 0.15) is 0 Å². The smallest absolute Gasteiger partial charge is 0.0609 e. The average molecular weight is 621 g/mol. The van der Waals surface area contributed by atoms with Crippen LogP contribution in [0.4, 0.5) is 0 Å². The van der Waals surface area contributed by atoms with E-state index in [0.29, 0.717) is 0 Å². The van der Waals surface area contributed by atoms with Crippen molar-refractivity contribution in [2.24, 2.45) is 0 Å². The molecule has 3 aromatic rings. The summed E-state index contributed by atoms with van der Waals surface area (Å²) in [5.41, 5.74) is 3.78. The van der Waals surface area contributed by atoms with E-state index in [9.17, 15) is 0 Å². The van der Waals surface area contributed by atoms with Crippen LogP contribution in [0.2, 0.25) is 0 Å². The number of hydrogen-bond donors (Lipinski definition) is 0. The minimum Gasteiger partial charge on any atom is -0.0609 e. The molecule has 109 valence electrons. The first-order chi connectivity index (χ1) is 10.6. The summed E-state index contributed by atoms with van der Waals surface area (Å²) >= 11 is 7.12. The lowest BCUT2D eigenvalue weighted by molar-refractivity contribution is 1.22. The molecule has 0 bridgehead atoms. The summed E-state index contributed by atoms with van der Waals surface area (Å²) in [7, 11) is 0. The van der Waals surface area contributed by atoms with Crippen molar-refractivity contribution in [2.45, 2.75) is 0 Å². The highest BCUT2D eigenvalue weighted by molar-refractivity contribution is 14.1. The summed E-state index contributed by atoms with van der Waals surface area (Å²) in [6.45, 7) is 0. The van der Waals surface area contributed by atoms with E-state index in [1.54, 1.807) is 0 Å². The van der Waals surface area contributed by atoms with Gasteiger partial charge in [0.2, 0.25) is 0 Å². The van der Waals surface area contributed by atoms with E-state index in [1.807, 2.05) is 0 Å². The van der Waals surface area contributed by atoms with Gasteiger partial charge in [-0.15, -0.1) is 0 Å². The van der Waals surface area contributed by atoms with Crippen LogP contribution in [0.5, 0.6) is 0 Å². The Labute approximate surface area is 172 Å². The van der Waals surface area contributed by atoms with Crippen molar-refractivity contribution in [3.63, 3.8) is 0 Å². The minimum absolute atomic E-state index is 1.25. The van der Waals surface area contributed by atoms with Crippen LogP contribution < -0.4 is 0 Å². The summed E-state index contributed by atoms with van der Waals surface area (Å²) in [4.78, 5) is 0. The van der Waals surface area contributed by atoms with Gasteiger partial charge in [-0.3, -0.25) is 0 Å². The normalized spacial score (nSPS) is 10.9. The summed E-state index contributed by atoms with van der Waals surface area (Å²) in [5, 5.41) is 0. The molecule has 0 N–H and O–H groups in total. The third-order valence-corrected chi connectivity index (χ3v) is 5.35. The zero-order valence-electron chi connectivity index (χ0n) is 11.6. The summed E-state index contributed by atoms with van der Waals surface area (Å²) in [6, 6.07) is 26.1. The van der Waals surface area contributed by atoms with Gasteiger partial charge in [-0.1, -0.05) is 36.4 Å². The third kappa shape index (κ3) is 4.03. The lowest BCUT2D eigenvalue weighted by Gasteiger charge is -2.19. The number of benzene rings is 3. The molecule has 0 atom stereocenters. The van der Waals surface area contributed by atoms with Crippen LogP contribution in [0.3, 0.4) is 0 Å². The molecule has 0 aliphatic rings. The second kappa shape index (κ2) is 7.61. The quantitative estimate of drug-likeness (QED) is 0.231. The van der Waals surface area contributed by atoms with Crippen LogP contribution in [0, 0.1) is 16.6 Å². The molecule has 1 radical (unpaired) electrons. The van der Waals surface area contributed by atoms with Crippen LogP contribution in [-0.2, 0) is 0 Å². The molecular weight excluding hydrogens is 609 g/mol. The van der Waals surface area contributed by atoms with Crippen molar-refractivity contribution in [1.29, 1.82) is 0 Å². The van der Waals surface area contributed by atoms with Crippen LogP contribution >= 0.6 is 67.8 Å². The molecule has 0 aromatic heterocycles. The maximum Gasteiger partial charge on any atom is 0.0630 e. The van der Waals surface area contributed by atoms with Crippen LogP contribution in [0.15, 0.2) is 72.8 Å². The lowest BCUT2D eigenvalue weighted by atomic mass is 9.85. The highest BCUT2D eigenvalue weighted by Gasteiger charge is 2.18. The lowest BCUT2D eigenvalue weighted by Crippen LogP contribution is -2.05. The van der Waals surface area contributed by atoms with Crippen LogP contribution in [0.1, 0.15) is 16.7 Å². The summed E-state index contributed by atoms with van der Waals surface area (Å²) in [5.74, 6) is 1.29. The molecule has 0 spiro atoms. The third-order valence-electron chi connectivity index (χ3n) is 3.34. The van der Waals surface area contributed by atoms with Gasteiger partial charge < -0.3 is 0 Å². The number of halogens is 3. The van der Waals surface area contributed by atoms with Gasteiger partial charge in [-0.25, -0.2) is 0 Å². The fourth-order valence-corrected chi connectivity index (χ4v) is 4.06. The zero-order chi connectivity index (χ0) is 15.5. The maximum atomic E-state index is 2.37. The number of hydrogen-bond acceptors (Lipinski definition) is 0. The highest BCUT2D eigenvalue weighted by atomic mass is 127. The molecule has 0 unspecified atom stereocenters. The topological polar surface area (TPSA) is 0 Å². The van der Waals surface area contributed by atoms with Gasteiger partial charge in [0.05, 0.1) is 5.92 Å². The molecule has 3 aromatic carbocycles. The Bertz CT molecular complexity index is 688. The van der Waals surface area contributed by atoms with Crippen LogP contribution in [-0.4, -0.2) is 0 Å². The molecule has 3 rings (SSSR count). The van der Waals surface area contributed by atoms with Crippen LogP contribution in [0.25, 0.3) is 0 Å². The molecule has 22 heavy (non-hydrogen) atoms. The first-order valence-electron chi connectivity index (χ1n) is 6.78. The fourth-order valence-electron chi connectivity index (χ4n) is 2.43. The second-order valence-corrected chi connectivity index (χ2v) is 8.64. The molecule has 0 aliphatic carbocycles. The van der Waals surface area contributed by atoms with Gasteiger partial charge in [-0.2, -0.15) is 0 Å². The Hall–Kier alpha value is -0.150. The first-order valence-corrected chi connectivity index (χ1v) is 10.0. The minimum atomic E-state index is 1.25.